The van der Waals surface area contributed by atoms with E-state index in [1.54, 1.807) is 11.9 Å². The smallest absolute Gasteiger partial charge is 0.240 e. The molecule has 0 bridgehead atoms. The number of amides is 2. The van der Waals surface area contributed by atoms with Gasteiger partial charge in [-0.3, -0.25) is 9.59 Å². The lowest BCUT2D eigenvalue weighted by molar-refractivity contribution is -0.139. The van der Waals surface area contributed by atoms with Gasteiger partial charge >= 0.3 is 0 Å². The average molecular weight is 269 g/mol. The van der Waals surface area contributed by atoms with E-state index in [9.17, 15) is 9.59 Å². The van der Waals surface area contributed by atoms with Crippen LogP contribution in [0, 0.1) is 5.92 Å². The van der Waals surface area contributed by atoms with Crippen LogP contribution in [0.3, 0.4) is 0 Å². The van der Waals surface area contributed by atoms with Gasteiger partial charge in [-0.1, -0.05) is 0 Å². The van der Waals surface area contributed by atoms with Crippen molar-refractivity contribution in [2.24, 2.45) is 5.92 Å². The van der Waals surface area contributed by atoms with Gasteiger partial charge in [0.05, 0.1) is 6.54 Å². The first-order chi connectivity index (χ1) is 8.69. The predicted molar refractivity (Wildman–Crippen MR) is 75.7 cm³/mol. The van der Waals surface area contributed by atoms with Crippen LogP contribution in [0.2, 0.25) is 0 Å². The molecular weight excluding hydrogens is 242 g/mol. The van der Waals surface area contributed by atoms with E-state index in [4.69, 9.17) is 0 Å². The van der Waals surface area contributed by atoms with Crippen LogP contribution in [0.1, 0.15) is 40.5 Å². The van der Waals surface area contributed by atoms with Crippen LogP contribution in [0.4, 0.5) is 0 Å². The topological polar surface area (TPSA) is 61.4 Å². The van der Waals surface area contributed by atoms with Gasteiger partial charge in [0.25, 0.3) is 0 Å². The number of carbonyl (C=O) groups is 2. The highest BCUT2D eigenvalue weighted by atomic mass is 16.2. The SMILES string of the molecule is C[C@H]1C[C@@H](C(=O)N(C)CC(=O)NC(C)(C)C)CCN1. The van der Waals surface area contributed by atoms with Gasteiger partial charge in [-0.2, -0.15) is 0 Å². The second kappa shape index (κ2) is 6.37. The van der Waals surface area contributed by atoms with Gasteiger partial charge in [0.15, 0.2) is 0 Å². The van der Waals surface area contributed by atoms with Crippen LogP contribution in [0.15, 0.2) is 0 Å². The molecule has 0 spiro atoms. The molecule has 0 aromatic heterocycles. The van der Waals surface area contributed by atoms with Crippen molar-refractivity contribution in [3.63, 3.8) is 0 Å². The largest absolute Gasteiger partial charge is 0.350 e. The molecule has 19 heavy (non-hydrogen) atoms. The first-order valence-corrected chi connectivity index (χ1v) is 6.98. The van der Waals surface area contributed by atoms with Crippen molar-refractivity contribution in [1.29, 1.82) is 0 Å². The summed E-state index contributed by atoms with van der Waals surface area (Å²) in [6.45, 7) is 8.89. The first kappa shape index (κ1) is 16.0. The number of likely N-dealkylation sites (N-methyl/N-ethyl adjacent to an activating group) is 1. The van der Waals surface area contributed by atoms with Crippen molar-refractivity contribution < 1.29 is 9.59 Å². The third-order valence-corrected chi connectivity index (χ3v) is 3.24. The Balaban J connectivity index is 2.46. The van der Waals surface area contributed by atoms with E-state index < -0.39 is 0 Å². The fourth-order valence-electron chi connectivity index (χ4n) is 2.42. The summed E-state index contributed by atoms with van der Waals surface area (Å²) in [5.74, 6) is 0.0198. The fourth-order valence-corrected chi connectivity index (χ4v) is 2.42. The maximum atomic E-state index is 12.3. The minimum absolute atomic E-state index is 0.0451. The Hall–Kier alpha value is -1.10. The fraction of sp³-hybridized carbons (Fsp3) is 0.857. The normalized spacial score (nSPS) is 23.8. The second-order valence-electron chi connectivity index (χ2n) is 6.57. The number of rotatable bonds is 3. The monoisotopic (exact) mass is 269 g/mol. The quantitative estimate of drug-likeness (QED) is 0.795. The van der Waals surface area contributed by atoms with E-state index in [1.807, 2.05) is 20.8 Å². The molecule has 110 valence electrons. The molecule has 0 saturated carbocycles. The van der Waals surface area contributed by atoms with Gasteiger partial charge in [-0.25, -0.2) is 0 Å². The standard InChI is InChI=1S/C14H27N3O2/c1-10-8-11(6-7-15-10)13(19)17(5)9-12(18)16-14(2,3)4/h10-11,15H,6-9H2,1-5H3,(H,16,18)/t10-,11-/m0/s1. The number of nitrogens with one attached hydrogen (secondary N) is 2. The molecular formula is C14H27N3O2. The molecule has 5 nitrogen and oxygen atoms in total. The van der Waals surface area contributed by atoms with Crippen molar-refractivity contribution in [3.05, 3.63) is 0 Å². The van der Waals surface area contributed by atoms with Gasteiger partial charge in [-0.15, -0.1) is 0 Å². The van der Waals surface area contributed by atoms with Crippen molar-refractivity contribution in [1.82, 2.24) is 15.5 Å². The third-order valence-electron chi connectivity index (χ3n) is 3.24. The summed E-state index contributed by atoms with van der Waals surface area (Å²) in [5, 5.41) is 6.20. The number of hydrogen-bond donors (Lipinski definition) is 2. The molecule has 0 radical (unpaired) electrons. The number of nitrogens with zero attached hydrogens (tertiary/aromatic N) is 1. The molecule has 2 amide bonds. The predicted octanol–water partition coefficient (Wildman–Crippen LogP) is 0.748. The molecule has 1 rings (SSSR count). The average Bonchev–Trinajstić information content (AvgIpc) is 2.25. The first-order valence-electron chi connectivity index (χ1n) is 6.98. The Morgan fingerprint density at radius 2 is 2.00 bits per heavy atom. The van der Waals surface area contributed by atoms with Crippen LogP contribution >= 0.6 is 0 Å². The summed E-state index contributed by atoms with van der Waals surface area (Å²) in [5.41, 5.74) is -0.260. The van der Waals surface area contributed by atoms with E-state index in [1.165, 1.54) is 0 Å². The van der Waals surface area contributed by atoms with E-state index in [-0.39, 0.29) is 29.8 Å². The molecule has 1 aliphatic heterocycles. The zero-order chi connectivity index (χ0) is 14.6. The summed E-state index contributed by atoms with van der Waals surface area (Å²) in [4.78, 5) is 25.6. The van der Waals surface area contributed by atoms with Crippen molar-refractivity contribution in [2.45, 2.75) is 52.1 Å². The Kier molecular flexibility index (Phi) is 5.35. The van der Waals surface area contributed by atoms with Crippen LogP contribution in [-0.4, -0.2) is 48.4 Å². The summed E-state index contributed by atoms with van der Waals surface area (Å²) in [6.07, 6.45) is 1.71. The van der Waals surface area contributed by atoms with E-state index >= 15 is 0 Å². The third kappa shape index (κ3) is 5.59. The Morgan fingerprint density at radius 3 is 2.53 bits per heavy atom. The molecule has 1 aliphatic rings. The number of piperidine rings is 1. The summed E-state index contributed by atoms with van der Waals surface area (Å²) >= 11 is 0. The summed E-state index contributed by atoms with van der Waals surface area (Å²) in [6, 6.07) is 0.375. The summed E-state index contributed by atoms with van der Waals surface area (Å²) < 4.78 is 0. The highest BCUT2D eigenvalue weighted by molar-refractivity contribution is 5.86. The van der Waals surface area contributed by atoms with Gasteiger partial charge in [0, 0.05) is 24.5 Å². The van der Waals surface area contributed by atoms with E-state index in [0.29, 0.717) is 6.04 Å². The van der Waals surface area contributed by atoms with Crippen molar-refractivity contribution in [3.8, 4) is 0 Å². The number of carbonyl (C=O) groups excluding carboxylic acids is 2. The van der Waals surface area contributed by atoms with Crippen molar-refractivity contribution >= 4 is 11.8 Å². The van der Waals surface area contributed by atoms with E-state index in [0.717, 1.165) is 19.4 Å². The van der Waals surface area contributed by atoms with E-state index in [2.05, 4.69) is 17.6 Å². The minimum Gasteiger partial charge on any atom is -0.350 e. The molecule has 0 unspecified atom stereocenters. The molecule has 0 aliphatic carbocycles. The molecule has 0 aromatic carbocycles. The van der Waals surface area contributed by atoms with Gasteiger partial charge < -0.3 is 15.5 Å². The van der Waals surface area contributed by atoms with Crippen LogP contribution < -0.4 is 10.6 Å². The highest BCUT2D eigenvalue weighted by Gasteiger charge is 2.28. The molecule has 1 heterocycles. The van der Waals surface area contributed by atoms with Crippen molar-refractivity contribution in [2.75, 3.05) is 20.1 Å². The van der Waals surface area contributed by atoms with Gasteiger partial charge in [0.2, 0.25) is 11.8 Å². The lowest BCUT2D eigenvalue weighted by Gasteiger charge is -2.30. The highest BCUT2D eigenvalue weighted by Crippen LogP contribution is 2.18. The lowest BCUT2D eigenvalue weighted by atomic mass is 9.92. The maximum absolute atomic E-state index is 12.3. The Labute approximate surface area is 116 Å². The van der Waals surface area contributed by atoms with Crippen LogP contribution in [0.25, 0.3) is 0 Å². The number of hydrogen-bond acceptors (Lipinski definition) is 3. The molecule has 0 aromatic rings. The maximum Gasteiger partial charge on any atom is 0.240 e. The van der Waals surface area contributed by atoms with Crippen LogP contribution in [-0.2, 0) is 9.59 Å². The van der Waals surface area contributed by atoms with Gasteiger partial charge in [0.1, 0.15) is 0 Å². The Bertz CT molecular complexity index is 336. The van der Waals surface area contributed by atoms with Crippen LogP contribution in [0.5, 0.6) is 0 Å². The summed E-state index contributed by atoms with van der Waals surface area (Å²) in [7, 11) is 1.71. The molecule has 1 saturated heterocycles. The molecule has 5 heteroatoms. The molecule has 2 N–H and O–H groups in total. The lowest BCUT2D eigenvalue weighted by Crippen LogP contribution is -2.48. The Morgan fingerprint density at radius 1 is 1.37 bits per heavy atom. The molecule has 2 atom stereocenters. The minimum atomic E-state index is -0.260. The second-order valence-corrected chi connectivity index (χ2v) is 6.57. The van der Waals surface area contributed by atoms with Gasteiger partial charge in [-0.05, 0) is 47.1 Å². The molecule has 1 fully saturated rings. The zero-order valence-electron chi connectivity index (χ0n) is 12.7. The zero-order valence-corrected chi connectivity index (χ0v) is 12.7.